The van der Waals surface area contributed by atoms with E-state index in [4.69, 9.17) is 10.5 Å². The minimum atomic E-state index is -3.58. The van der Waals surface area contributed by atoms with E-state index >= 15 is 0 Å². The summed E-state index contributed by atoms with van der Waals surface area (Å²) < 4.78 is 24.7. The Morgan fingerprint density at radius 2 is 1.47 bits per heavy atom. The average molecular weight is 266 g/mol. The van der Waals surface area contributed by atoms with Crippen molar-refractivity contribution in [3.63, 3.8) is 0 Å². The van der Waals surface area contributed by atoms with E-state index in [9.17, 15) is 8.42 Å². The Bertz CT molecular complexity index is 900. The molecule has 0 fully saturated rings. The van der Waals surface area contributed by atoms with Crippen LogP contribution in [0, 0.1) is 22.7 Å². The molecule has 1 aliphatic heterocycles. The van der Waals surface area contributed by atoms with Crippen molar-refractivity contribution in [3.8, 4) is 23.3 Å². The van der Waals surface area contributed by atoms with Gasteiger partial charge in [0.2, 0.25) is 9.84 Å². The zero-order chi connectivity index (χ0) is 13.6. The Morgan fingerprint density at radius 3 is 2.16 bits per heavy atom. The summed E-state index contributed by atoms with van der Waals surface area (Å²) in [5.74, 6) is 0. The highest BCUT2D eigenvalue weighted by molar-refractivity contribution is 7.92. The number of rotatable bonds is 0. The molecule has 0 saturated heterocycles. The van der Waals surface area contributed by atoms with Gasteiger partial charge in [-0.3, -0.25) is 0 Å². The summed E-state index contributed by atoms with van der Waals surface area (Å²) in [5, 5.41) is 18.0. The standard InChI is InChI=1S/C14H6N2O2S/c15-7-9-5-12-11-3-1-2-4-13(11)19(17,18)14(12)6-10(9)8-16/h1-6H. The molecule has 4 nitrogen and oxygen atoms in total. The van der Waals surface area contributed by atoms with Gasteiger partial charge in [-0.2, -0.15) is 10.5 Å². The molecule has 0 amide bonds. The maximum Gasteiger partial charge on any atom is 0.207 e. The van der Waals surface area contributed by atoms with Crippen molar-refractivity contribution < 1.29 is 8.42 Å². The zero-order valence-electron chi connectivity index (χ0n) is 9.58. The molecule has 0 aromatic heterocycles. The molecule has 19 heavy (non-hydrogen) atoms. The summed E-state index contributed by atoms with van der Waals surface area (Å²) in [6.07, 6.45) is 0. The number of fused-ring (bicyclic) bond motifs is 3. The maximum atomic E-state index is 12.4. The second kappa shape index (κ2) is 3.68. The summed E-state index contributed by atoms with van der Waals surface area (Å²) in [6, 6.07) is 13.1. The van der Waals surface area contributed by atoms with Gasteiger partial charge in [0.25, 0.3) is 0 Å². The second-order valence-corrected chi connectivity index (χ2v) is 6.00. The van der Waals surface area contributed by atoms with E-state index in [1.54, 1.807) is 18.2 Å². The number of sulfone groups is 1. The smallest absolute Gasteiger partial charge is 0.207 e. The van der Waals surface area contributed by atoms with Gasteiger partial charge in [-0.25, -0.2) is 8.42 Å². The normalized spacial score (nSPS) is 14.0. The van der Waals surface area contributed by atoms with Crippen molar-refractivity contribution in [1.29, 1.82) is 10.5 Å². The second-order valence-electron chi connectivity index (χ2n) is 4.12. The molecule has 0 radical (unpaired) electrons. The van der Waals surface area contributed by atoms with Crippen LogP contribution in [-0.4, -0.2) is 8.42 Å². The van der Waals surface area contributed by atoms with Crippen LogP contribution in [0.4, 0.5) is 0 Å². The van der Waals surface area contributed by atoms with Gasteiger partial charge in [0.15, 0.2) is 0 Å². The highest BCUT2D eigenvalue weighted by atomic mass is 32.2. The summed E-state index contributed by atoms with van der Waals surface area (Å²) in [7, 11) is -3.58. The molecule has 0 N–H and O–H groups in total. The quantitative estimate of drug-likeness (QED) is 0.624. The Kier molecular flexibility index (Phi) is 2.22. The zero-order valence-corrected chi connectivity index (χ0v) is 10.4. The fourth-order valence-electron chi connectivity index (χ4n) is 2.24. The molecule has 0 unspecified atom stereocenters. The third kappa shape index (κ3) is 1.40. The van der Waals surface area contributed by atoms with Gasteiger partial charge in [0.05, 0.1) is 20.9 Å². The van der Waals surface area contributed by atoms with Crippen molar-refractivity contribution in [3.05, 3.63) is 47.5 Å². The molecule has 90 valence electrons. The van der Waals surface area contributed by atoms with Gasteiger partial charge in [-0.1, -0.05) is 18.2 Å². The van der Waals surface area contributed by atoms with Crippen molar-refractivity contribution in [2.45, 2.75) is 9.79 Å². The number of hydrogen-bond acceptors (Lipinski definition) is 4. The lowest BCUT2D eigenvalue weighted by Crippen LogP contribution is -1.97. The third-order valence-corrected chi connectivity index (χ3v) is 4.97. The van der Waals surface area contributed by atoms with E-state index in [0.717, 1.165) is 0 Å². The molecule has 3 rings (SSSR count). The topological polar surface area (TPSA) is 81.7 Å². The fraction of sp³-hybridized carbons (Fsp3) is 0. The Balaban J connectivity index is 2.48. The van der Waals surface area contributed by atoms with Crippen molar-refractivity contribution in [2.75, 3.05) is 0 Å². The van der Waals surface area contributed by atoms with E-state index in [1.807, 2.05) is 12.1 Å². The van der Waals surface area contributed by atoms with Crippen LogP contribution < -0.4 is 0 Å². The minimum absolute atomic E-state index is 0.0811. The molecule has 1 aliphatic rings. The predicted octanol–water partition coefficient (Wildman–Crippen LogP) is 2.24. The van der Waals surface area contributed by atoms with Gasteiger partial charge in [0, 0.05) is 11.1 Å². The van der Waals surface area contributed by atoms with E-state index < -0.39 is 9.84 Å². The van der Waals surface area contributed by atoms with Gasteiger partial charge < -0.3 is 0 Å². The van der Waals surface area contributed by atoms with Crippen molar-refractivity contribution in [2.24, 2.45) is 0 Å². The van der Waals surface area contributed by atoms with Gasteiger partial charge in [0.1, 0.15) is 12.1 Å². The lowest BCUT2D eigenvalue weighted by atomic mass is 10.0. The predicted molar refractivity (Wildman–Crippen MR) is 66.8 cm³/mol. The Hall–Kier alpha value is -2.63. The molecule has 1 heterocycles. The van der Waals surface area contributed by atoms with Gasteiger partial charge in [-0.15, -0.1) is 0 Å². The van der Waals surface area contributed by atoms with Crippen LogP contribution in [0.25, 0.3) is 11.1 Å². The summed E-state index contributed by atoms with van der Waals surface area (Å²) in [5.41, 5.74) is 1.34. The molecular weight excluding hydrogens is 260 g/mol. The molecule has 2 aromatic rings. The van der Waals surface area contributed by atoms with Gasteiger partial charge in [-0.05, 0) is 18.2 Å². The van der Waals surface area contributed by atoms with Crippen LogP contribution in [0.3, 0.4) is 0 Å². The molecule has 0 aliphatic carbocycles. The number of nitrogens with zero attached hydrogens (tertiary/aromatic N) is 2. The lowest BCUT2D eigenvalue weighted by molar-refractivity contribution is 0.598. The van der Waals surface area contributed by atoms with Crippen LogP contribution in [0.1, 0.15) is 11.1 Å². The maximum absolute atomic E-state index is 12.4. The molecule has 0 saturated carbocycles. The summed E-state index contributed by atoms with van der Waals surface area (Å²) in [4.78, 5) is 0.327. The first-order valence-electron chi connectivity index (χ1n) is 5.42. The highest BCUT2D eigenvalue weighted by Crippen LogP contribution is 2.43. The number of hydrogen-bond donors (Lipinski definition) is 0. The van der Waals surface area contributed by atoms with E-state index in [1.165, 1.54) is 18.2 Å². The van der Waals surface area contributed by atoms with Crippen molar-refractivity contribution >= 4 is 9.84 Å². The Morgan fingerprint density at radius 1 is 0.842 bits per heavy atom. The average Bonchev–Trinajstić information content (AvgIpc) is 2.66. The first kappa shape index (κ1) is 11.5. The molecular formula is C14H6N2O2S. The summed E-state index contributed by atoms with van der Waals surface area (Å²) in [6.45, 7) is 0. The number of nitriles is 2. The van der Waals surface area contributed by atoms with Crippen molar-refractivity contribution in [1.82, 2.24) is 0 Å². The van der Waals surface area contributed by atoms with E-state index in [-0.39, 0.29) is 20.9 Å². The summed E-state index contributed by atoms with van der Waals surface area (Å²) >= 11 is 0. The fourth-order valence-corrected chi connectivity index (χ4v) is 3.93. The van der Waals surface area contributed by atoms with E-state index in [2.05, 4.69) is 0 Å². The largest absolute Gasteiger partial charge is 0.218 e. The Labute approximate surface area is 110 Å². The number of benzene rings is 2. The molecule has 0 spiro atoms. The van der Waals surface area contributed by atoms with Crippen LogP contribution in [0.15, 0.2) is 46.2 Å². The third-order valence-electron chi connectivity index (χ3n) is 3.12. The van der Waals surface area contributed by atoms with Crippen LogP contribution in [0.5, 0.6) is 0 Å². The lowest BCUT2D eigenvalue weighted by Gasteiger charge is -2.01. The van der Waals surface area contributed by atoms with Crippen LogP contribution in [-0.2, 0) is 9.84 Å². The monoisotopic (exact) mass is 266 g/mol. The minimum Gasteiger partial charge on any atom is -0.218 e. The first-order valence-corrected chi connectivity index (χ1v) is 6.90. The highest BCUT2D eigenvalue weighted by Gasteiger charge is 2.33. The molecule has 2 aromatic carbocycles. The SMILES string of the molecule is N#Cc1cc2c(cc1C#N)S(=O)(=O)c1ccccc1-2. The molecule has 0 atom stereocenters. The first-order chi connectivity index (χ1) is 9.09. The van der Waals surface area contributed by atoms with Crippen LogP contribution >= 0.6 is 0 Å². The van der Waals surface area contributed by atoms with E-state index in [0.29, 0.717) is 11.1 Å². The van der Waals surface area contributed by atoms with Crippen LogP contribution in [0.2, 0.25) is 0 Å². The molecule has 5 heteroatoms. The van der Waals surface area contributed by atoms with Gasteiger partial charge >= 0.3 is 0 Å². The molecule has 0 bridgehead atoms.